The van der Waals surface area contributed by atoms with Gasteiger partial charge >= 0.3 is 0 Å². The fraction of sp³-hybridized carbons (Fsp3) is 0. The Hall–Kier alpha value is -8.47. The number of hydrogen-bond acceptors (Lipinski definition) is 4. The molecule has 4 nitrogen and oxygen atoms in total. The zero-order valence-corrected chi connectivity index (χ0v) is 34.1. The van der Waals surface area contributed by atoms with Gasteiger partial charge in [-0.1, -0.05) is 194 Å². The second kappa shape index (κ2) is 15.2. The molecule has 0 N–H and O–H groups in total. The summed E-state index contributed by atoms with van der Waals surface area (Å²) in [6.45, 7) is 0. The van der Waals surface area contributed by atoms with Gasteiger partial charge < -0.3 is 4.42 Å². The molecule has 4 heteroatoms. The molecule has 0 saturated carbocycles. The van der Waals surface area contributed by atoms with Gasteiger partial charge in [-0.05, 0) is 90.8 Å². The number of rotatable bonds is 7. The second-order valence-electron chi connectivity index (χ2n) is 16.0. The summed E-state index contributed by atoms with van der Waals surface area (Å²) < 4.78 is 6.87. The van der Waals surface area contributed by atoms with E-state index in [1.165, 1.54) is 27.5 Å². The summed E-state index contributed by atoms with van der Waals surface area (Å²) in [7, 11) is 0. The van der Waals surface area contributed by atoms with Crippen LogP contribution in [-0.4, -0.2) is 15.0 Å². The van der Waals surface area contributed by atoms with E-state index in [2.05, 4.69) is 200 Å². The molecule has 0 aliphatic carbocycles. The number of furan rings is 1. The number of para-hydroxylation sites is 1. The van der Waals surface area contributed by atoms with Crippen LogP contribution in [-0.2, 0) is 0 Å². The first-order chi connectivity index (χ1) is 31.2. The summed E-state index contributed by atoms with van der Waals surface area (Å²) in [4.78, 5) is 15.7. The average Bonchev–Trinajstić information content (AvgIpc) is 3.76. The second-order valence-corrected chi connectivity index (χ2v) is 16.0. The van der Waals surface area contributed by atoms with Crippen molar-refractivity contribution < 1.29 is 4.42 Å². The van der Waals surface area contributed by atoms with Gasteiger partial charge in [-0.3, -0.25) is 0 Å². The van der Waals surface area contributed by atoms with Gasteiger partial charge in [-0.15, -0.1) is 0 Å². The Balaban J connectivity index is 1.04. The maximum absolute atomic E-state index is 6.87. The third kappa shape index (κ3) is 6.62. The summed E-state index contributed by atoms with van der Waals surface area (Å²) >= 11 is 0. The molecular formula is C59H37N3O. The lowest BCUT2D eigenvalue weighted by Gasteiger charge is -2.12. The van der Waals surface area contributed by atoms with Gasteiger partial charge in [-0.25, -0.2) is 15.0 Å². The van der Waals surface area contributed by atoms with Gasteiger partial charge in [0.15, 0.2) is 17.5 Å². The summed E-state index contributed by atoms with van der Waals surface area (Å²) in [6, 6.07) is 78.8. The van der Waals surface area contributed by atoms with Crippen molar-refractivity contribution >= 4 is 43.5 Å². The predicted molar refractivity (Wildman–Crippen MR) is 260 cm³/mol. The van der Waals surface area contributed by atoms with E-state index in [4.69, 9.17) is 19.4 Å². The quantitative estimate of drug-likeness (QED) is 0.161. The number of aromatic nitrogens is 3. The molecular weight excluding hydrogens is 767 g/mol. The third-order valence-electron chi connectivity index (χ3n) is 12.1. The van der Waals surface area contributed by atoms with Crippen LogP contribution in [0.1, 0.15) is 0 Å². The Morgan fingerprint density at radius 1 is 0.270 bits per heavy atom. The van der Waals surface area contributed by atoms with Crippen LogP contribution in [0, 0.1) is 0 Å². The first-order valence-corrected chi connectivity index (χ1v) is 21.2. The van der Waals surface area contributed by atoms with Crippen LogP contribution in [0.5, 0.6) is 0 Å². The highest BCUT2D eigenvalue weighted by Gasteiger charge is 2.21. The smallest absolute Gasteiger partial charge is 0.164 e. The van der Waals surface area contributed by atoms with Crippen LogP contribution in [0.4, 0.5) is 0 Å². The van der Waals surface area contributed by atoms with E-state index in [-0.39, 0.29) is 0 Å². The van der Waals surface area contributed by atoms with E-state index in [1.54, 1.807) is 0 Å². The number of fused-ring (bicyclic) bond motifs is 5. The Labute approximate surface area is 364 Å². The molecule has 0 radical (unpaired) electrons. The van der Waals surface area contributed by atoms with Gasteiger partial charge in [0.25, 0.3) is 0 Å². The van der Waals surface area contributed by atoms with Crippen molar-refractivity contribution in [3.05, 3.63) is 224 Å². The molecule has 2 heterocycles. The SMILES string of the molecule is c1ccc(-c2ccc(-c3nc(-c4ccc5ccc(-c6ccccc6)cc5c4)nc(-c4cccc5oc6c(-c7cc(-c8ccccc8)c8ccccc8c7)cccc6c45)n3)cc2)cc1. The van der Waals surface area contributed by atoms with Crippen LogP contribution in [0.15, 0.2) is 229 Å². The van der Waals surface area contributed by atoms with Crippen molar-refractivity contribution in [2.45, 2.75) is 0 Å². The van der Waals surface area contributed by atoms with Gasteiger partial charge in [0.2, 0.25) is 0 Å². The Kier molecular flexibility index (Phi) is 8.79. The largest absolute Gasteiger partial charge is 0.455 e. The highest BCUT2D eigenvalue weighted by atomic mass is 16.3. The van der Waals surface area contributed by atoms with Crippen molar-refractivity contribution in [1.82, 2.24) is 15.0 Å². The van der Waals surface area contributed by atoms with E-state index < -0.39 is 0 Å². The fourth-order valence-corrected chi connectivity index (χ4v) is 8.98. The van der Waals surface area contributed by atoms with E-state index >= 15 is 0 Å². The predicted octanol–water partition coefficient (Wildman–Crippen LogP) is 15.7. The summed E-state index contributed by atoms with van der Waals surface area (Å²) in [5.74, 6) is 1.78. The number of nitrogens with zero attached hydrogens (tertiary/aromatic N) is 3. The average molecular weight is 804 g/mol. The standard InChI is InChI=1S/C59H37N3O/c1-4-14-38(15-5-1)40-26-30-43(31-27-40)57-60-58(46-33-29-41-28-32-44(34-47(41)36-46)39-16-6-2-7-17-39)62-59(61-57)52-24-13-25-54-55(52)51-23-12-22-50(56(51)63-54)48-35-45-20-10-11-21-49(45)53(37-48)42-18-8-3-9-19-42/h1-37H. The third-order valence-corrected chi connectivity index (χ3v) is 12.1. The lowest BCUT2D eigenvalue weighted by Crippen LogP contribution is -2.00. The minimum absolute atomic E-state index is 0.580. The molecule has 0 spiro atoms. The van der Waals surface area contributed by atoms with Crippen LogP contribution in [0.2, 0.25) is 0 Å². The van der Waals surface area contributed by atoms with Crippen LogP contribution in [0.3, 0.4) is 0 Å². The van der Waals surface area contributed by atoms with Crippen LogP contribution in [0.25, 0.3) is 122 Å². The molecule has 12 rings (SSSR count). The van der Waals surface area contributed by atoms with Crippen molar-refractivity contribution in [3.8, 4) is 78.7 Å². The Bertz CT molecular complexity index is 3650. The number of hydrogen-bond donors (Lipinski definition) is 0. The molecule has 12 aromatic rings. The van der Waals surface area contributed by atoms with Gasteiger partial charge in [0, 0.05) is 33.0 Å². The van der Waals surface area contributed by atoms with Gasteiger partial charge in [-0.2, -0.15) is 0 Å². The molecule has 0 fully saturated rings. The molecule has 0 bridgehead atoms. The molecule has 0 aliphatic rings. The fourth-order valence-electron chi connectivity index (χ4n) is 8.98. The lowest BCUT2D eigenvalue weighted by atomic mass is 9.92. The monoisotopic (exact) mass is 803 g/mol. The maximum atomic E-state index is 6.87. The summed E-state index contributed by atoms with van der Waals surface area (Å²) in [6.07, 6.45) is 0. The highest BCUT2D eigenvalue weighted by molar-refractivity contribution is 6.15. The van der Waals surface area contributed by atoms with E-state index in [1.807, 2.05) is 24.3 Å². The summed E-state index contributed by atoms with van der Waals surface area (Å²) in [5, 5.41) is 6.62. The van der Waals surface area contributed by atoms with Gasteiger partial charge in [0.05, 0.1) is 0 Å². The van der Waals surface area contributed by atoms with Crippen molar-refractivity contribution in [2.24, 2.45) is 0 Å². The normalized spacial score (nSPS) is 11.5. The van der Waals surface area contributed by atoms with Crippen molar-refractivity contribution in [2.75, 3.05) is 0 Å². The number of benzene rings is 10. The molecule has 0 saturated heterocycles. The van der Waals surface area contributed by atoms with E-state index in [0.29, 0.717) is 17.5 Å². The zero-order chi connectivity index (χ0) is 41.7. The highest BCUT2D eigenvalue weighted by Crippen LogP contribution is 2.42. The lowest BCUT2D eigenvalue weighted by molar-refractivity contribution is 0.670. The Morgan fingerprint density at radius 3 is 1.56 bits per heavy atom. The molecule has 0 aliphatic heterocycles. The molecule has 10 aromatic carbocycles. The topological polar surface area (TPSA) is 51.8 Å². The molecule has 0 amide bonds. The van der Waals surface area contributed by atoms with Crippen molar-refractivity contribution in [3.63, 3.8) is 0 Å². The van der Waals surface area contributed by atoms with Crippen LogP contribution < -0.4 is 0 Å². The van der Waals surface area contributed by atoms with E-state index in [9.17, 15) is 0 Å². The Morgan fingerprint density at radius 2 is 0.794 bits per heavy atom. The minimum Gasteiger partial charge on any atom is -0.455 e. The molecule has 63 heavy (non-hydrogen) atoms. The molecule has 2 aromatic heterocycles. The van der Waals surface area contributed by atoms with E-state index in [0.717, 1.165) is 77.2 Å². The van der Waals surface area contributed by atoms with Gasteiger partial charge in [0.1, 0.15) is 11.2 Å². The zero-order valence-electron chi connectivity index (χ0n) is 34.1. The van der Waals surface area contributed by atoms with Crippen LogP contribution >= 0.6 is 0 Å². The molecule has 294 valence electrons. The minimum atomic E-state index is 0.580. The first-order valence-electron chi connectivity index (χ1n) is 21.2. The maximum Gasteiger partial charge on any atom is 0.164 e. The molecule has 0 atom stereocenters. The van der Waals surface area contributed by atoms with Crippen molar-refractivity contribution in [1.29, 1.82) is 0 Å². The molecule has 0 unspecified atom stereocenters. The summed E-state index contributed by atoms with van der Waals surface area (Å²) in [5.41, 5.74) is 13.4. The first kappa shape index (κ1) is 36.4.